The van der Waals surface area contributed by atoms with E-state index in [1.54, 1.807) is 0 Å². The minimum Gasteiger partial charge on any atom is -0.398 e. The van der Waals surface area contributed by atoms with Gasteiger partial charge >= 0.3 is 0 Å². The van der Waals surface area contributed by atoms with Crippen molar-refractivity contribution in [2.45, 2.75) is 20.3 Å². The summed E-state index contributed by atoms with van der Waals surface area (Å²) in [5.74, 6) is 0. The van der Waals surface area contributed by atoms with E-state index in [-0.39, 0.29) is 0 Å². The number of nitrogen functional groups attached to an aromatic ring is 1. The Morgan fingerprint density at radius 2 is 2.13 bits per heavy atom. The van der Waals surface area contributed by atoms with Crippen molar-refractivity contribution in [3.63, 3.8) is 0 Å². The maximum absolute atomic E-state index is 5.98. The minimum atomic E-state index is 0.833. The number of allylic oxidation sites excluding steroid dienone is 1. The number of anilines is 1. The van der Waals surface area contributed by atoms with Crippen LogP contribution in [0.2, 0.25) is 0 Å². The fourth-order valence-corrected chi connectivity index (χ4v) is 2.74. The normalized spacial score (nSPS) is 10.8. The summed E-state index contributed by atoms with van der Waals surface area (Å²) in [6.45, 7) is 8.11. The molecule has 0 unspecified atom stereocenters. The quantitative estimate of drug-likeness (QED) is 0.754. The Morgan fingerprint density at radius 3 is 2.73 bits per heavy atom. The van der Waals surface area contributed by atoms with Crippen LogP contribution in [0.25, 0.3) is 15.7 Å². The fraction of sp³-hybridized carbons (Fsp3) is 0.231. The number of aryl methyl sites for hydroxylation is 1. The molecule has 0 fully saturated rings. The lowest BCUT2D eigenvalue weighted by atomic mass is 10.0. The second-order valence-electron chi connectivity index (χ2n) is 3.82. The van der Waals surface area contributed by atoms with Gasteiger partial charge in [0.25, 0.3) is 0 Å². The van der Waals surface area contributed by atoms with Gasteiger partial charge in [-0.3, -0.25) is 0 Å². The zero-order valence-corrected chi connectivity index (χ0v) is 9.95. The molecule has 0 radical (unpaired) electrons. The van der Waals surface area contributed by atoms with Crippen LogP contribution in [-0.2, 0) is 6.42 Å². The molecule has 15 heavy (non-hydrogen) atoms. The summed E-state index contributed by atoms with van der Waals surface area (Å²) in [4.78, 5) is 1.41. The van der Waals surface area contributed by atoms with Crippen LogP contribution in [-0.4, -0.2) is 0 Å². The van der Waals surface area contributed by atoms with Crippen LogP contribution in [0, 0.1) is 0 Å². The topological polar surface area (TPSA) is 26.0 Å². The first-order valence-electron chi connectivity index (χ1n) is 5.09. The molecular formula is C13H15NS. The Hall–Kier alpha value is -1.28. The van der Waals surface area contributed by atoms with E-state index >= 15 is 0 Å². The maximum atomic E-state index is 5.98. The van der Waals surface area contributed by atoms with Gasteiger partial charge < -0.3 is 5.73 Å². The summed E-state index contributed by atoms with van der Waals surface area (Å²) < 4.78 is 1.27. The van der Waals surface area contributed by atoms with Crippen molar-refractivity contribution in [1.82, 2.24) is 0 Å². The van der Waals surface area contributed by atoms with Gasteiger partial charge in [0.15, 0.2) is 0 Å². The summed E-state index contributed by atoms with van der Waals surface area (Å²) in [7, 11) is 0. The van der Waals surface area contributed by atoms with Gasteiger partial charge in [-0.05, 0) is 42.5 Å². The van der Waals surface area contributed by atoms with Crippen LogP contribution >= 0.6 is 11.3 Å². The van der Waals surface area contributed by atoms with E-state index in [1.807, 2.05) is 18.3 Å². The lowest BCUT2D eigenvalue weighted by Crippen LogP contribution is -1.90. The van der Waals surface area contributed by atoms with Crippen molar-refractivity contribution in [2.75, 3.05) is 5.73 Å². The molecule has 78 valence electrons. The van der Waals surface area contributed by atoms with Crippen molar-refractivity contribution < 1.29 is 0 Å². The average Bonchev–Trinajstić information content (AvgIpc) is 2.58. The zero-order valence-electron chi connectivity index (χ0n) is 9.13. The van der Waals surface area contributed by atoms with Crippen molar-refractivity contribution in [1.29, 1.82) is 0 Å². The van der Waals surface area contributed by atoms with Gasteiger partial charge in [-0.2, -0.15) is 0 Å². The van der Waals surface area contributed by atoms with E-state index < -0.39 is 0 Å². The first-order chi connectivity index (χ1) is 7.11. The summed E-state index contributed by atoms with van der Waals surface area (Å²) in [5.41, 5.74) is 8.92. The van der Waals surface area contributed by atoms with Crippen LogP contribution < -0.4 is 5.73 Å². The highest BCUT2D eigenvalue weighted by molar-refractivity contribution is 7.19. The van der Waals surface area contributed by atoms with Gasteiger partial charge in [0.1, 0.15) is 0 Å². The Bertz CT molecular complexity index is 523. The van der Waals surface area contributed by atoms with Crippen LogP contribution in [0.3, 0.4) is 0 Å². The average molecular weight is 217 g/mol. The minimum absolute atomic E-state index is 0.833. The number of hydrogen-bond acceptors (Lipinski definition) is 2. The fourth-order valence-electron chi connectivity index (χ4n) is 1.70. The molecule has 2 N–H and O–H groups in total. The van der Waals surface area contributed by atoms with Crippen LogP contribution in [0.15, 0.2) is 24.8 Å². The maximum Gasteiger partial charge on any atom is 0.0404 e. The van der Waals surface area contributed by atoms with E-state index in [0.29, 0.717) is 0 Å². The molecule has 0 saturated heterocycles. The van der Waals surface area contributed by atoms with E-state index in [9.17, 15) is 0 Å². The summed E-state index contributed by atoms with van der Waals surface area (Å²) in [6, 6.07) is 6.44. The van der Waals surface area contributed by atoms with E-state index in [2.05, 4.69) is 31.7 Å². The lowest BCUT2D eigenvalue weighted by Gasteiger charge is -2.04. The molecular weight excluding hydrogens is 202 g/mol. The molecule has 0 aliphatic heterocycles. The number of hydrogen-bond donors (Lipinski definition) is 1. The van der Waals surface area contributed by atoms with Gasteiger partial charge in [0.2, 0.25) is 0 Å². The molecule has 1 aromatic heterocycles. The molecule has 1 heterocycles. The molecule has 2 aromatic rings. The lowest BCUT2D eigenvalue weighted by molar-refractivity contribution is 1.19. The molecule has 1 nitrogen and oxygen atoms in total. The predicted molar refractivity (Wildman–Crippen MR) is 70.3 cm³/mol. The van der Waals surface area contributed by atoms with Crippen molar-refractivity contribution in [3.8, 4) is 0 Å². The second kappa shape index (κ2) is 3.70. The molecule has 0 bridgehead atoms. The Kier molecular flexibility index (Phi) is 2.53. The van der Waals surface area contributed by atoms with Crippen LogP contribution in [0.5, 0.6) is 0 Å². The third-order valence-corrected chi connectivity index (χ3v) is 3.79. The molecule has 2 heteroatoms. The molecule has 0 aliphatic carbocycles. The number of rotatable bonds is 2. The summed E-state index contributed by atoms with van der Waals surface area (Å²) in [6.07, 6.45) is 1.08. The van der Waals surface area contributed by atoms with Gasteiger partial charge in [-0.15, -0.1) is 11.3 Å². The van der Waals surface area contributed by atoms with Crippen molar-refractivity contribution in [3.05, 3.63) is 35.2 Å². The Morgan fingerprint density at radius 1 is 1.40 bits per heavy atom. The highest BCUT2D eigenvalue weighted by Gasteiger charge is 2.05. The smallest absolute Gasteiger partial charge is 0.0404 e. The standard InChI is InChI=1S/C13H15NS/c1-4-10-5-9-6-11(8(2)3)12(14)7-13(9)15-10/h5-7H,2,4,14H2,1,3H3. The van der Waals surface area contributed by atoms with Gasteiger partial charge in [0, 0.05) is 20.8 Å². The van der Waals surface area contributed by atoms with Gasteiger partial charge in [-0.1, -0.05) is 13.5 Å². The number of thiophene rings is 1. The molecule has 1 aromatic carbocycles. The second-order valence-corrected chi connectivity index (χ2v) is 4.99. The number of fused-ring (bicyclic) bond motifs is 1. The monoisotopic (exact) mass is 217 g/mol. The first-order valence-corrected chi connectivity index (χ1v) is 5.91. The number of nitrogens with two attached hydrogens (primary N) is 1. The SMILES string of the molecule is C=C(C)c1cc2cc(CC)sc2cc1N. The molecule has 2 rings (SSSR count). The highest BCUT2D eigenvalue weighted by atomic mass is 32.1. The van der Waals surface area contributed by atoms with Crippen LogP contribution in [0.4, 0.5) is 5.69 Å². The van der Waals surface area contributed by atoms with Crippen molar-refractivity contribution in [2.24, 2.45) is 0 Å². The van der Waals surface area contributed by atoms with Gasteiger partial charge in [-0.25, -0.2) is 0 Å². The molecule has 0 spiro atoms. The molecule has 0 aliphatic rings. The molecule has 0 saturated carbocycles. The highest BCUT2D eigenvalue weighted by Crippen LogP contribution is 2.32. The number of benzene rings is 1. The van der Waals surface area contributed by atoms with Crippen molar-refractivity contribution >= 4 is 32.7 Å². The third kappa shape index (κ3) is 1.77. The first kappa shape index (κ1) is 10.2. The summed E-state index contributed by atoms with van der Waals surface area (Å²) in [5, 5.41) is 1.28. The Balaban J connectivity index is 2.68. The summed E-state index contributed by atoms with van der Waals surface area (Å²) >= 11 is 1.82. The van der Waals surface area contributed by atoms with E-state index in [1.165, 1.54) is 15.0 Å². The van der Waals surface area contributed by atoms with Gasteiger partial charge in [0.05, 0.1) is 0 Å². The molecule has 0 amide bonds. The molecule has 0 atom stereocenters. The van der Waals surface area contributed by atoms with E-state index in [0.717, 1.165) is 23.2 Å². The third-order valence-electron chi connectivity index (χ3n) is 2.55. The largest absolute Gasteiger partial charge is 0.398 e. The Labute approximate surface area is 94.2 Å². The van der Waals surface area contributed by atoms with E-state index in [4.69, 9.17) is 5.73 Å². The van der Waals surface area contributed by atoms with Crippen LogP contribution in [0.1, 0.15) is 24.3 Å². The zero-order chi connectivity index (χ0) is 11.0. The predicted octanol–water partition coefficient (Wildman–Crippen LogP) is 4.08.